The van der Waals surface area contributed by atoms with Crippen LogP contribution in [0, 0.1) is 5.92 Å². The molecule has 2 aromatic heterocycles. The highest BCUT2D eigenvalue weighted by atomic mass is 35.5. The van der Waals surface area contributed by atoms with Crippen molar-refractivity contribution in [3.63, 3.8) is 0 Å². The van der Waals surface area contributed by atoms with Crippen molar-refractivity contribution in [2.24, 2.45) is 5.92 Å². The van der Waals surface area contributed by atoms with Crippen molar-refractivity contribution in [1.82, 2.24) is 9.38 Å². The van der Waals surface area contributed by atoms with Crippen LogP contribution < -0.4 is 4.90 Å². The molecule has 1 fully saturated rings. The number of nitrogens with zero attached hydrogens (tertiary/aromatic N) is 3. The van der Waals surface area contributed by atoms with Gasteiger partial charge in [0.15, 0.2) is 0 Å². The summed E-state index contributed by atoms with van der Waals surface area (Å²) in [5, 5.41) is 0.313. The molecular formula is C13H16ClN3. The van der Waals surface area contributed by atoms with Crippen LogP contribution in [0.2, 0.25) is 0 Å². The van der Waals surface area contributed by atoms with E-state index < -0.39 is 0 Å². The van der Waals surface area contributed by atoms with Crippen LogP contribution in [0.3, 0.4) is 0 Å². The summed E-state index contributed by atoms with van der Waals surface area (Å²) in [6.45, 7) is 4.26. The van der Waals surface area contributed by atoms with Gasteiger partial charge in [0.2, 0.25) is 0 Å². The largest absolute Gasteiger partial charge is 0.357 e. The molecule has 0 aliphatic carbocycles. The molecule has 3 rings (SSSR count). The van der Waals surface area contributed by atoms with Gasteiger partial charge in [0.05, 0.1) is 0 Å². The summed E-state index contributed by atoms with van der Waals surface area (Å²) >= 11 is 6.27. The van der Waals surface area contributed by atoms with Crippen LogP contribution in [0.1, 0.15) is 13.3 Å². The molecule has 2 atom stereocenters. The summed E-state index contributed by atoms with van der Waals surface area (Å²) in [4.78, 5) is 6.72. The number of hydrogen-bond donors (Lipinski definition) is 0. The number of piperidine rings is 1. The van der Waals surface area contributed by atoms with Crippen molar-refractivity contribution >= 4 is 23.1 Å². The summed E-state index contributed by atoms with van der Waals surface area (Å²) in [6.07, 6.45) is 4.91. The third kappa shape index (κ3) is 1.89. The molecular weight excluding hydrogens is 234 g/mol. The van der Waals surface area contributed by atoms with E-state index in [0.29, 0.717) is 11.3 Å². The summed E-state index contributed by atoms with van der Waals surface area (Å²) in [5.74, 6) is 1.75. The van der Waals surface area contributed by atoms with Crippen LogP contribution in [0.4, 0.5) is 5.82 Å². The maximum absolute atomic E-state index is 6.27. The molecule has 0 amide bonds. The average Bonchev–Trinajstić information content (AvgIpc) is 2.80. The third-order valence-electron chi connectivity index (χ3n) is 3.53. The first-order valence-corrected chi connectivity index (χ1v) is 6.50. The number of alkyl halides is 1. The summed E-state index contributed by atoms with van der Waals surface area (Å²) < 4.78 is 2.14. The molecule has 90 valence electrons. The van der Waals surface area contributed by atoms with Crippen molar-refractivity contribution in [1.29, 1.82) is 0 Å². The second kappa shape index (κ2) is 4.22. The fourth-order valence-electron chi connectivity index (χ4n) is 2.52. The van der Waals surface area contributed by atoms with Crippen molar-refractivity contribution in [3.05, 3.63) is 30.6 Å². The first-order valence-electron chi connectivity index (χ1n) is 6.07. The van der Waals surface area contributed by atoms with E-state index in [1.807, 2.05) is 18.5 Å². The first-order chi connectivity index (χ1) is 8.25. The second-order valence-corrected chi connectivity index (χ2v) is 5.33. The van der Waals surface area contributed by atoms with Gasteiger partial charge in [0.25, 0.3) is 0 Å². The summed E-state index contributed by atoms with van der Waals surface area (Å²) in [6, 6.07) is 6.24. The highest BCUT2D eigenvalue weighted by Crippen LogP contribution is 2.26. The quantitative estimate of drug-likeness (QED) is 0.725. The molecule has 1 aliphatic heterocycles. The van der Waals surface area contributed by atoms with Gasteiger partial charge in [-0.05, 0) is 24.5 Å². The Balaban J connectivity index is 1.96. The van der Waals surface area contributed by atoms with Crippen LogP contribution in [0.25, 0.3) is 5.65 Å². The highest BCUT2D eigenvalue weighted by molar-refractivity contribution is 6.20. The van der Waals surface area contributed by atoms with Crippen LogP contribution in [0.5, 0.6) is 0 Å². The molecule has 1 aliphatic rings. The van der Waals surface area contributed by atoms with Crippen molar-refractivity contribution in [3.8, 4) is 0 Å². The second-order valence-electron chi connectivity index (χ2n) is 4.77. The van der Waals surface area contributed by atoms with Gasteiger partial charge in [0.1, 0.15) is 11.5 Å². The van der Waals surface area contributed by atoms with Crippen LogP contribution >= 0.6 is 11.6 Å². The van der Waals surface area contributed by atoms with Crippen molar-refractivity contribution in [2.75, 3.05) is 18.0 Å². The molecule has 1 saturated heterocycles. The number of fused-ring (bicyclic) bond motifs is 1. The third-order valence-corrected chi connectivity index (χ3v) is 4.18. The molecule has 4 heteroatoms. The zero-order chi connectivity index (χ0) is 11.8. The number of rotatable bonds is 1. The highest BCUT2D eigenvalue weighted by Gasteiger charge is 2.25. The van der Waals surface area contributed by atoms with Gasteiger partial charge in [-0.2, -0.15) is 0 Å². The molecule has 0 spiro atoms. The molecule has 17 heavy (non-hydrogen) atoms. The van der Waals surface area contributed by atoms with Crippen LogP contribution in [0.15, 0.2) is 30.6 Å². The maximum atomic E-state index is 6.27. The summed E-state index contributed by atoms with van der Waals surface area (Å²) in [7, 11) is 0. The van der Waals surface area contributed by atoms with Crippen molar-refractivity contribution in [2.45, 2.75) is 18.7 Å². The van der Waals surface area contributed by atoms with Gasteiger partial charge < -0.3 is 4.90 Å². The van der Waals surface area contributed by atoms with Crippen LogP contribution in [-0.4, -0.2) is 27.9 Å². The van der Waals surface area contributed by atoms with Gasteiger partial charge in [0, 0.05) is 30.9 Å². The monoisotopic (exact) mass is 249 g/mol. The minimum atomic E-state index is 0.313. The van der Waals surface area contributed by atoms with E-state index >= 15 is 0 Å². The minimum Gasteiger partial charge on any atom is -0.357 e. The smallest absolute Gasteiger partial charge is 0.138 e. The molecule has 0 saturated carbocycles. The molecule has 3 heterocycles. The van der Waals surface area contributed by atoms with Gasteiger partial charge in [-0.15, -0.1) is 11.6 Å². The molecule has 0 N–H and O–H groups in total. The lowest BCUT2D eigenvalue weighted by Crippen LogP contribution is -2.40. The predicted molar refractivity (Wildman–Crippen MR) is 70.8 cm³/mol. The molecule has 3 nitrogen and oxygen atoms in total. The molecule has 0 aromatic carbocycles. The topological polar surface area (TPSA) is 20.5 Å². The number of anilines is 1. The Bertz CT molecular complexity index is 522. The van der Waals surface area contributed by atoms with Gasteiger partial charge in [-0.3, -0.25) is 4.40 Å². The van der Waals surface area contributed by atoms with E-state index in [9.17, 15) is 0 Å². The standard InChI is InChI=1S/C13H16ClN3/c1-10-9-16(7-5-11(10)14)13-4-2-3-12-15-6-8-17(12)13/h2-4,6,8,10-11H,5,7,9H2,1H3. The van der Waals surface area contributed by atoms with E-state index in [1.54, 1.807) is 0 Å². The van der Waals surface area contributed by atoms with E-state index in [4.69, 9.17) is 11.6 Å². The fourth-order valence-corrected chi connectivity index (χ4v) is 2.69. The lowest BCUT2D eigenvalue weighted by molar-refractivity contribution is 0.451. The lowest BCUT2D eigenvalue weighted by Gasteiger charge is -2.35. The van der Waals surface area contributed by atoms with Crippen molar-refractivity contribution < 1.29 is 0 Å². The average molecular weight is 250 g/mol. The zero-order valence-electron chi connectivity index (χ0n) is 9.88. The number of imidazole rings is 1. The Kier molecular flexibility index (Phi) is 2.71. The number of halogens is 1. The molecule has 2 unspecified atom stereocenters. The van der Waals surface area contributed by atoms with E-state index in [0.717, 1.165) is 25.2 Å². The normalized spacial score (nSPS) is 25.4. The first kappa shape index (κ1) is 10.9. The number of hydrogen-bond acceptors (Lipinski definition) is 2. The Labute approximate surface area is 106 Å². The Morgan fingerprint density at radius 3 is 3.12 bits per heavy atom. The zero-order valence-corrected chi connectivity index (χ0v) is 10.6. The number of aromatic nitrogens is 2. The SMILES string of the molecule is CC1CN(c2cccc3nccn23)CCC1Cl. The molecule has 0 radical (unpaired) electrons. The number of pyridine rings is 1. The van der Waals surface area contributed by atoms with Gasteiger partial charge in [-0.1, -0.05) is 13.0 Å². The summed E-state index contributed by atoms with van der Waals surface area (Å²) in [5.41, 5.74) is 1.00. The lowest BCUT2D eigenvalue weighted by atomic mass is 9.99. The Hall–Kier alpha value is -1.22. The van der Waals surface area contributed by atoms with E-state index in [-0.39, 0.29) is 0 Å². The van der Waals surface area contributed by atoms with Gasteiger partial charge >= 0.3 is 0 Å². The van der Waals surface area contributed by atoms with E-state index in [1.165, 1.54) is 5.82 Å². The van der Waals surface area contributed by atoms with Gasteiger partial charge in [-0.25, -0.2) is 4.98 Å². The Morgan fingerprint density at radius 2 is 2.29 bits per heavy atom. The fraction of sp³-hybridized carbons (Fsp3) is 0.462. The van der Waals surface area contributed by atoms with E-state index in [2.05, 4.69) is 33.3 Å². The minimum absolute atomic E-state index is 0.313. The Morgan fingerprint density at radius 1 is 1.41 bits per heavy atom. The molecule has 0 bridgehead atoms. The van der Waals surface area contributed by atoms with Crippen LogP contribution in [-0.2, 0) is 0 Å². The predicted octanol–water partition coefficient (Wildman–Crippen LogP) is 2.79. The molecule has 2 aromatic rings. The maximum Gasteiger partial charge on any atom is 0.138 e.